The predicted octanol–water partition coefficient (Wildman–Crippen LogP) is 6.64. The molecule has 1 aromatic carbocycles. The van der Waals surface area contributed by atoms with Gasteiger partial charge in [0.2, 0.25) is 0 Å². The standard InChI is InChI=1S/C30H40BrFN4O4S.C3H8/c1-6-8-23(37)16-35(5)17-24-18-36(12-13-40-24)19-27(34-21(4)29-33-11-14-41-29)28(30(38)39-7-2)20(3)25-10-9-22(32)15-26(25)31;1-3-2/h9-11,14-15,20,24,34H,4,6-8,12-13,16-19H2,1-3,5H3;3H2,1-2H3/b28-27+;/t20-,24?;/m0./s1. The maximum absolute atomic E-state index is 13.9. The second-order valence-corrected chi connectivity index (χ2v) is 12.6. The highest BCUT2D eigenvalue weighted by atomic mass is 79.9. The van der Waals surface area contributed by atoms with Crippen LogP contribution in [0.15, 0.2) is 52.1 Å². The third-order valence-electron chi connectivity index (χ3n) is 6.77. The van der Waals surface area contributed by atoms with Crippen molar-refractivity contribution in [2.45, 2.75) is 65.9 Å². The summed E-state index contributed by atoms with van der Waals surface area (Å²) in [6.45, 7) is 17.5. The van der Waals surface area contributed by atoms with Gasteiger partial charge in [0.1, 0.15) is 16.6 Å². The molecular formula is C33H48BrFN4O4S. The number of thiazole rings is 1. The summed E-state index contributed by atoms with van der Waals surface area (Å²) in [5.41, 5.74) is 2.40. The molecule has 2 aromatic rings. The van der Waals surface area contributed by atoms with Gasteiger partial charge in [0.25, 0.3) is 0 Å². The number of halogens is 2. The summed E-state index contributed by atoms with van der Waals surface area (Å²) >= 11 is 4.92. The smallest absolute Gasteiger partial charge is 0.336 e. The molecule has 1 aliphatic heterocycles. The molecule has 0 spiro atoms. The van der Waals surface area contributed by atoms with Gasteiger partial charge in [-0.05, 0) is 38.1 Å². The number of carbonyl (C=O) groups excluding carboxylic acids is 2. The Morgan fingerprint density at radius 3 is 2.66 bits per heavy atom. The molecule has 0 amide bonds. The van der Waals surface area contributed by atoms with Gasteiger partial charge in [-0.2, -0.15) is 0 Å². The largest absolute Gasteiger partial charge is 0.463 e. The molecule has 0 bridgehead atoms. The maximum atomic E-state index is 13.9. The highest BCUT2D eigenvalue weighted by molar-refractivity contribution is 9.10. The Bertz CT molecular complexity index is 1240. The molecule has 11 heteroatoms. The van der Waals surface area contributed by atoms with E-state index >= 15 is 0 Å². The van der Waals surface area contributed by atoms with Crippen molar-refractivity contribution in [3.63, 3.8) is 0 Å². The number of aromatic nitrogens is 1. The number of morpholine rings is 1. The Hall–Kier alpha value is -2.44. The fourth-order valence-corrected chi connectivity index (χ4v) is 6.17. The van der Waals surface area contributed by atoms with Crippen molar-refractivity contribution in [1.29, 1.82) is 0 Å². The van der Waals surface area contributed by atoms with Gasteiger partial charge in [0.15, 0.2) is 0 Å². The topological polar surface area (TPSA) is 84.0 Å². The van der Waals surface area contributed by atoms with E-state index in [9.17, 15) is 14.0 Å². The number of ether oxygens (including phenoxy) is 2. The normalized spacial score (nSPS) is 16.4. The number of rotatable bonds is 15. The lowest BCUT2D eigenvalue weighted by atomic mass is 9.90. The van der Waals surface area contributed by atoms with Crippen molar-refractivity contribution in [1.82, 2.24) is 20.1 Å². The summed E-state index contributed by atoms with van der Waals surface area (Å²) in [4.78, 5) is 34.2. The van der Waals surface area contributed by atoms with Gasteiger partial charge in [-0.25, -0.2) is 14.2 Å². The molecule has 1 saturated heterocycles. The Labute approximate surface area is 274 Å². The number of Topliss-reactive ketones (excluding diaryl/α,β-unsaturated/α-hetero) is 1. The zero-order valence-electron chi connectivity index (χ0n) is 27.0. The van der Waals surface area contributed by atoms with Crippen LogP contribution in [0.25, 0.3) is 5.70 Å². The number of nitrogens with one attached hydrogen (secondary N) is 1. The van der Waals surface area contributed by atoms with Gasteiger partial charge in [-0.3, -0.25) is 14.6 Å². The van der Waals surface area contributed by atoms with E-state index in [4.69, 9.17) is 9.47 Å². The Morgan fingerprint density at radius 2 is 2.05 bits per heavy atom. The molecule has 1 unspecified atom stereocenters. The maximum Gasteiger partial charge on any atom is 0.336 e. The number of carbonyl (C=O) groups is 2. The first-order valence-corrected chi connectivity index (χ1v) is 17.0. The highest BCUT2D eigenvalue weighted by Crippen LogP contribution is 2.33. The monoisotopic (exact) mass is 694 g/mol. The SMILES string of the molecule is C=C(N/C(CN1CCOC(CN(C)CC(=O)CCC)C1)=C(/C(=O)OCC)[C@@H](C)c1ccc(F)cc1Br)c1nccs1.CCC. The highest BCUT2D eigenvalue weighted by Gasteiger charge is 2.30. The summed E-state index contributed by atoms with van der Waals surface area (Å²) in [7, 11) is 1.93. The molecule has 2 atom stereocenters. The predicted molar refractivity (Wildman–Crippen MR) is 180 cm³/mol. The third-order valence-corrected chi connectivity index (χ3v) is 8.29. The van der Waals surface area contributed by atoms with Crippen LogP contribution in [0.2, 0.25) is 0 Å². The molecule has 1 aliphatic rings. The van der Waals surface area contributed by atoms with Crippen molar-refractivity contribution in [3.05, 3.63) is 68.5 Å². The number of hydrogen-bond acceptors (Lipinski definition) is 9. The van der Waals surface area contributed by atoms with E-state index in [1.54, 1.807) is 19.2 Å². The van der Waals surface area contributed by atoms with Gasteiger partial charge in [-0.15, -0.1) is 11.3 Å². The van der Waals surface area contributed by atoms with Crippen LogP contribution in [0.4, 0.5) is 4.39 Å². The summed E-state index contributed by atoms with van der Waals surface area (Å²) in [6.07, 6.45) is 4.27. The van der Waals surface area contributed by atoms with Crippen LogP contribution in [-0.4, -0.2) is 85.6 Å². The van der Waals surface area contributed by atoms with E-state index < -0.39 is 11.9 Å². The van der Waals surface area contributed by atoms with E-state index in [0.717, 1.165) is 12.0 Å². The fraction of sp³-hybridized carbons (Fsp3) is 0.545. The lowest BCUT2D eigenvalue weighted by molar-refractivity contribution is -0.139. The quantitative estimate of drug-likeness (QED) is 0.164. The molecule has 1 N–H and O–H groups in total. The van der Waals surface area contributed by atoms with Crippen molar-refractivity contribution in [3.8, 4) is 0 Å². The first-order valence-electron chi connectivity index (χ1n) is 15.3. The zero-order valence-corrected chi connectivity index (χ0v) is 29.4. The van der Waals surface area contributed by atoms with Gasteiger partial charge in [0, 0.05) is 60.3 Å². The van der Waals surface area contributed by atoms with E-state index in [1.807, 2.05) is 31.2 Å². The minimum Gasteiger partial charge on any atom is -0.463 e. The molecular weight excluding hydrogens is 647 g/mol. The van der Waals surface area contributed by atoms with Crippen LogP contribution >= 0.6 is 27.3 Å². The molecule has 44 heavy (non-hydrogen) atoms. The number of esters is 1. The van der Waals surface area contributed by atoms with Crippen molar-refractivity contribution in [2.75, 3.05) is 53.0 Å². The molecule has 0 aliphatic carbocycles. The van der Waals surface area contributed by atoms with Crippen molar-refractivity contribution in [2.24, 2.45) is 0 Å². The molecule has 0 radical (unpaired) electrons. The summed E-state index contributed by atoms with van der Waals surface area (Å²) < 4.78 is 26.1. The number of hydrogen-bond donors (Lipinski definition) is 1. The number of benzene rings is 1. The van der Waals surface area contributed by atoms with Gasteiger partial charge >= 0.3 is 5.97 Å². The Balaban J connectivity index is 0.00000216. The van der Waals surface area contributed by atoms with Crippen LogP contribution in [0.1, 0.15) is 70.4 Å². The summed E-state index contributed by atoms with van der Waals surface area (Å²) in [5.74, 6) is -1.03. The van der Waals surface area contributed by atoms with E-state index in [2.05, 4.69) is 51.6 Å². The Kier molecular flexibility index (Phi) is 17.0. The Morgan fingerprint density at radius 1 is 1.32 bits per heavy atom. The minimum atomic E-state index is -0.454. The molecule has 8 nitrogen and oxygen atoms in total. The average Bonchev–Trinajstić information content (AvgIpc) is 3.49. The van der Waals surface area contributed by atoms with E-state index in [-0.39, 0.29) is 24.3 Å². The number of ketones is 1. The van der Waals surface area contributed by atoms with Gasteiger partial charge < -0.3 is 14.8 Å². The van der Waals surface area contributed by atoms with Crippen LogP contribution in [0, 0.1) is 5.82 Å². The van der Waals surface area contributed by atoms with Crippen LogP contribution in [0.5, 0.6) is 0 Å². The van der Waals surface area contributed by atoms with Gasteiger partial charge in [-0.1, -0.05) is 62.7 Å². The number of nitrogens with zero attached hydrogens (tertiary/aromatic N) is 3. The first-order chi connectivity index (χ1) is 21.0. The lowest BCUT2D eigenvalue weighted by Gasteiger charge is -2.36. The molecule has 1 fully saturated rings. The molecule has 1 aromatic heterocycles. The van der Waals surface area contributed by atoms with Crippen LogP contribution in [-0.2, 0) is 19.1 Å². The average molecular weight is 696 g/mol. The second-order valence-electron chi connectivity index (χ2n) is 10.9. The number of likely N-dealkylation sites (N-methyl/N-ethyl adjacent to an activating group) is 1. The van der Waals surface area contributed by atoms with E-state index in [0.29, 0.717) is 72.2 Å². The summed E-state index contributed by atoms with van der Waals surface area (Å²) in [5, 5.41) is 5.96. The molecule has 0 saturated carbocycles. The third kappa shape index (κ3) is 12.2. The van der Waals surface area contributed by atoms with Crippen molar-refractivity contribution < 1.29 is 23.5 Å². The van der Waals surface area contributed by atoms with Crippen molar-refractivity contribution >= 4 is 44.7 Å². The fourth-order valence-electron chi connectivity index (χ4n) is 4.91. The van der Waals surface area contributed by atoms with Crippen LogP contribution in [0.3, 0.4) is 0 Å². The second kappa shape index (κ2) is 19.8. The molecule has 3 rings (SSSR count). The first kappa shape index (κ1) is 37.7. The zero-order chi connectivity index (χ0) is 32.6. The summed E-state index contributed by atoms with van der Waals surface area (Å²) in [6, 6.07) is 4.46. The van der Waals surface area contributed by atoms with E-state index in [1.165, 1.54) is 29.9 Å². The molecule has 2 heterocycles. The van der Waals surface area contributed by atoms with Gasteiger partial charge in [0.05, 0.1) is 37.1 Å². The molecule has 244 valence electrons. The minimum absolute atomic E-state index is 0.0960. The lowest BCUT2D eigenvalue weighted by Crippen LogP contribution is -2.49. The van der Waals surface area contributed by atoms with Crippen LogP contribution < -0.4 is 5.32 Å².